The molecule has 102 valence electrons. The van der Waals surface area contributed by atoms with E-state index in [1.54, 1.807) is 11.6 Å². The van der Waals surface area contributed by atoms with Crippen molar-refractivity contribution in [3.63, 3.8) is 0 Å². The third-order valence-corrected chi connectivity index (χ3v) is 3.99. The lowest BCUT2D eigenvalue weighted by Crippen LogP contribution is -2.43. The zero-order chi connectivity index (χ0) is 14.2. The van der Waals surface area contributed by atoms with Gasteiger partial charge in [-0.2, -0.15) is 10.4 Å². The SMILES string of the molecule is Cc1nn(C)c(N2CCC(C)(C(=O)O)CC2)c1C#N. The first-order valence-corrected chi connectivity index (χ1v) is 6.31. The summed E-state index contributed by atoms with van der Waals surface area (Å²) >= 11 is 0. The molecule has 2 rings (SSSR count). The molecule has 0 atom stereocenters. The number of carboxylic acid groups (broad SMARTS) is 1. The lowest BCUT2D eigenvalue weighted by Gasteiger charge is -2.37. The Balaban J connectivity index is 2.24. The van der Waals surface area contributed by atoms with E-state index in [9.17, 15) is 15.2 Å². The van der Waals surface area contributed by atoms with Crippen LogP contribution in [0.4, 0.5) is 5.82 Å². The standard InChI is InChI=1S/C13H18N4O2/c1-9-10(8-14)11(16(3)15-9)17-6-4-13(2,5-7-17)12(18)19/h4-7H2,1-3H3,(H,18,19). The Morgan fingerprint density at radius 2 is 2.05 bits per heavy atom. The Bertz CT molecular complexity index is 548. The average molecular weight is 262 g/mol. The maximum absolute atomic E-state index is 11.2. The van der Waals surface area contributed by atoms with Crippen LogP contribution in [0.25, 0.3) is 0 Å². The van der Waals surface area contributed by atoms with Crippen LogP contribution in [-0.2, 0) is 11.8 Å². The van der Waals surface area contributed by atoms with Crippen molar-refractivity contribution < 1.29 is 9.90 Å². The summed E-state index contributed by atoms with van der Waals surface area (Å²) < 4.78 is 1.71. The van der Waals surface area contributed by atoms with Crippen LogP contribution in [0.1, 0.15) is 31.0 Å². The van der Waals surface area contributed by atoms with Gasteiger partial charge in [0.15, 0.2) is 0 Å². The molecule has 1 aliphatic heterocycles. The summed E-state index contributed by atoms with van der Waals surface area (Å²) in [6.07, 6.45) is 1.16. The molecule has 0 aliphatic carbocycles. The zero-order valence-electron chi connectivity index (χ0n) is 11.5. The van der Waals surface area contributed by atoms with Crippen LogP contribution in [0.15, 0.2) is 0 Å². The van der Waals surface area contributed by atoms with E-state index in [4.69, 9.17) is 0 Å². The minimum Gasteiger partial charge on any atom is -0.481 e. The van der Waals surface area contributed by atoms with E-state index in [0.29, 0.717) is 37.2 Å². The summed E-state index contributed by atoms with van der Waals surface area (Å²) in [5.41, 5.74) is 0.643. The van der Waals surface area contributed by atoms with Gasteiger partial charge in [0.05, 0.1) is 11.1 Å². The summed E-state index contributed by atoms with van der Waals surface area (Å²) in [6.45, 7) is 4.87. The highest BCUT2D eigenvalue weighted by Gasteiger charge is 2.38. The number of nitriles is 1. The molecule has 0 unspecified atom stereocenters. The van der Waals surface area contributed by atoms with E-state index in [1.807, 2.05) is 14.0 Å². The van der Waals surface area contributed by atoms with Crippen molar-refractivity contribution >= 4 is 11.8 Å². The van der Waals surface area contributed by atoms with Gasteiger partial charge in [-0.15, -0.1) is 0 Å². The fourth-order valence-electron chi connectivity index (χ4n) is 2.57. The Morgan fingerprint density at radius 1 is 1.47 bits per heavy atom. The maximum Gasteiger partial charge on any atom is 0.309 e. The minimum atomic E-state index is -0.742. The predicted octanol–water partition coefficient (Wildman–Crippen LogP) is 1.29. The topological polar surface area (TPSA) is 82.2 Å². The lowest BCUT2D eigenvalue weighted by atomic mass is 9.80. The summed E-state index contributed by atoms with van der Waals surface area (Å²) in [5.74, 6) is 0.0567. The van der Waals surface area contributed by atoms with Crippen molar-refractivity contribution in [2.24, 2.45) is 12.5 Å². The highest BCUT2D eigenvalue weighted by atomic mass is 16.4. The van der Waals surface area contributed by atoms with Gasteiger partial charge in [0.25, 0.3) is 0 Å². The zero-order valence-corrected chi connectivity index (χ0v) is 11.5. The average Bonchev–Trinajstić information content (AvgIpc) is 2.64. The number of piperidine rings is 1. The van der Waals surface area contributed by atoms with E-state index < -0.39 is 11.4 Å². The largest absolute Gasteiger partial charge is 0.481 e. The van der Waals surface area contributed by atoms with E-state index in [-0.39, 0.29) is 0 Å². The normalized spacial score (nSPS) is 18.1. The van der Waals surface area contributed by atoms with Gasteiger partial charge >= 0.3 is 5.97 Å². The van der Waals surface area contributed by atoms with Crippen molar-refractivity contribution in [2.75, 3.05) is 18.0 Å². The van der Waals surface area contributed by atoms with Gasteiger partial charge in [0, 0.05) is 20.1 Å². The molecule has 6 heteroatoms. The summed E-state index contributed by atoms with van der Waals surface area (Å²) in [7, 11) is 1.81. The van der Waals surface area contributed by atoms with Crippen LogP contribution in [0.5, 0.6) is 0 Å². The second-order valence-electron chi connectivity index (χ2n) is 5.37. The van der Waals surface area contributed by atoms with Gasteiger partial charge in [-0.1, -0.05) is 0 Å². The van der Waals surface area contributed by atoms with Gasteiger partial charge < -0.3 is 10.0 Å². The number of hydrogen-bond donors (Lipinski definition) is 1. The lowest BCUT2D eigenvalue weighted by molar-refractivity contribution is -0.149. The second kappa shape index (κ2) is 4.57. The number of rotatable bonds is 2. The van der Waals surface area contributed by atoms with Crippen molar-refractivity contribution in [3.8, 4) is 6.07 Å². The minimum absolute atomic E-state index is 0.581. The van der Waals surface area contributed by atoms with Crippen LogP contribution < -0.4 is 4.90 Å². The molecule has 0 aromatic carbocycles. The van der Waals surface area contributed by atoms with Crippen LogP contribution in [0.2, 0.25) is 0 Å². The highest BCUT2D eigenvalue weighted by molar-refractivity contribution is 5.74. The molecular weight excluding hydrogens is 244 g/mol. The summed E-state index contributed by atoms with van der Waals surface area (Å²) in [6, 6.07) is 2.18. The van der Waals surface area contributed by atoms with Crippen molar-refractivity contribution in [1.29, 1.82) is 5.26 Å². The third-order valence-electron chi connectivity index (χ3n) is 3.99. The van der Waals surface area contributed by atoms with E-state index in [0.717, 1.165) is 5.82 Å². The number of aliphatic carboxylic acids is 1. The number of carbonyl (C=O) groups is 1. The molecule has 0 radical (unpaired) electrons. The first kappa shape index (κ1) is 13.4. The molecule has 1 N–H and O–H groups in total. The molecule has 2 heterocycles. The number of aryl methyl sites for hydroxylation is 2. The van der Waals surface area contributed by atoms with Crippen LogP contribution in [-0.4, -0.2) is 33.9 Å². The highest BCUT2D eigenvalue weighted by Crippen LogP contribution is 2.34. The number of hydrogen-bond acceptors (Lipinski definition) is 4. The summed E-state index contributed by atoms with van der Waals surface area (Å²) in [5, 5.41) is 22.7. The molecule has 0 saturated carbocycles. The Hall–Kier alpha value is -2.03. The van der Waals surface area contributed by atoms with Crippen LogP contribution >= 0.6 is 0 Å². The fourth-order valence-corrected chi connectivity index (χ4v) is 2.57. The molecule has 6 nitrogen and oxygen atoms in total. The third kappa shape index (κ3) is 2.16. The maximum atomic E-state index is 11.2. The predicted molar refractivity (Wildman–Crippen MR) is 69.8 cm³/mol. The number of aromatic nitrogens is 2. The van der Waals surface area contributed by atoms with Gasteiger partial charge in [-0.05, 0) is 26.7 Å². The quantitative estimate of drug-likeness (QED) is 0.868. The number of anilines is 1. The van der Waals surface area contributed by atoms with Crippen LogP contribution in [0.3, 0.4) is 0 Å². The summed E-state index contributed by atoms with van der Waals surface area (Å²) in [4.78, 5) is 13.3. The smallest absolute Gasteiger partial charge is 0.309 e. The monoisotopic (exact) mass is 262 g/mol. The first-order chi connectivity index (χ1) is 8.89. The van der Waals surface area contributed by atoms with E-state index in [2.05, 4.69) is 16.1 Å². The van der Waals surface area contributed by atoms with Crippen molar-refractivity contribution in [1.82, 2.24) is 9.78 Å². The Kier molecular flexibility index (Phi) is 3.23. The Labute approximate surface area is 112 Å². The van der Waals surface area contributed by atoms with Crippen molar-refractivity contribution in [2.45, 2.75) is 26.7 Å². The molecular formula is C13H18N4O2. The fraction of sp³-hybridized carbons (Fsp3) is 0.615. The van der Waals surface area contributed by atoms with Gasteiger partial charge in [-0.25, -0.2) is 0 Å². The molecule has 19 heavy (non-hydrogen) atoms. The molecule has 1 fully saturated rings. The van der Waals surface area contributed by atoms with E-state index >= 15 is 0 Å². The molecule has 1 aliphatic rings. The first-order valence-electron chi connectivity index (χ1n) is 6.31. The number of nitrogens with zero attached hydrogens (tertiary/aromatic N) is 4. The molecule has 1 aromatic heterocycles. The molecule has 1 aromatic rings. The molecule has 1 saturated heterocycles. The Morgan fingerprint density at radius 3 is 2.53 bits per heavy atom. The van der Waals surface area contributed by atoms with Gasteiger partial charge in [-0.3, -0.25) is 9.48 Å². The second-order valence-corrected chi connectivity index (χ2v) is 5.37. The number of carboxylic acids is 1. The van der Waals surface area contributed by atoms with Gasteiger partial charge in [0.1, 0.15) is 17.5 Å². The molecule has 0 spiro atoms. The van der Waals surface area contributed by atoms with Gasteiger partial charge in [0.2, 0.25) is 0 Å². The molecule has 0 bridgehead atoms. The van der Waals surface area contributed by atoms with E-state index in [1.165, 1.54) is 0 Å². The van der Waals surface area contributed by atoms with Crippen LogP contribution in [0, 0.1) is 23.7 Å². The van der Waals surface area contributed by atoms with Crippen molar-refractivity contribution in [3.05, 3.63) is 11.3 Å². The molecule has 0 amide bonds.